The summed E-state index contributed by atoms with van der Waals surface area (Å²) in [6.45, 7) is 2.57. The van der Waals surface area contributed by atoms with Crippen molar-refractivity contribution in [2.45, 2.75) is 13.5 Å². The molecule has 0 amide bonds. The molecule has 0 unspecified atom stereocenters. The molecule has 21 heavy (non-hydrogen) atoms. The second-order valence-corrected chi connectivity index (χ2v) is 4.61. The number of nitro groups is 1. The van der Waals surface area contributed by atoms with Crippen LogP contribution in [0.1, 0.15) is 11.1 Å². The summed E-state index contributed by atoms with van der Waals surface area (Å²) in [6, 6.07) is 9.13. The maximum atomic E-state index is 13.6. The van der Waals surface area contributed by atoms with Gasteiger partial charge in [0.15, 0.2) is 0 Å². The normalized spacial score (nSPS) is 10.4. The van der Waals surface area contributed by atoms with Crippen molar-refractivity contribution in [3.05, 3.63) is 63.5 Å². The van der Waals surface area contributed by atoms with E-state index in [1.54, 1.807) is 6.07 Å². The summed E-state index contributed by atoms with van der Waals surface area (Å²) in [5.41, 5.74) is 1.44. The first-order valence-electron chi connectivity index (χ1n) is 6.37. The van der Waals surface area contributed by atoms with Gasteiger partial charge in [-0.1, -0.05) is 17.7 Å². The number of nitrogens with one attached hydrogen (secondary N) is 1. The van der Waals surface area contributed by atoms with Gasteiger partial charge >= 0.3 is 5.69 Å². The predicted octanol–water partition coefficient (Wildman–Crippen LogP) is 3.55. The molecule has 0 spiro atoms. The van der Waals surface area contributed by atoms with E-state index >= 15 is 0 Å². The molecule has 2 rings (SSSR count). The van der Waals surface area contributed by atoms with E-state index in [-0.39, 0.29) is 5.75 Å². The molecule has 0 aliphatic carbocycles. The van der Waals surface area contributed by atoms with Gasteiger partial charge in [-0.05, 0) is 26.1 Å². The fourth-order valence-corrected chi connectivity index (χ4v) is 1.96. The van der Waals surface area contributed by atoms with Gasteiger partial charge in [-0.25, -0.2) is 0 Å². The molecule has 0 aliphatic rings. The van der Waals surface area contributed by atoms with Crippen molar-refractivity contribution in [1.29, 1.82) is 0 Å². The number of ether oxygens (including phenoxy) is 1. The Morgan fingerprint density at radius 2 is 2.05 bits per heavy atom. The van der Waals surface area contributed by atoms with Crippen LogP contribution < -0.4 is 10.1 Å². The Morgan fingerprint density at radius 1 is 1.29 bits per heavy atom. The van der Waals surface area contributed by atoms with Crippen molar-refractivity contribution in [1.82, 2.24) is 5.32 Å². The van der Waals surface area contributed by atoms with Crippen LogP contribution in [0, 0.1) is 22.9 Å². The lowest BCUT2D eigenvalue weighted by molar-refractivity contribution is -0.387. The second-order valence-electron chi connectivity index (χ2n) is 4.61. The van der Waals surface area contributed by atoms with Gasteiger partial charge in [-0.15, -0.1) is 0 Å². The van der Waals surface area contributed by atoms with Gasteiger partial charge in [-0.3, -0.25) is 10.1 Å². The van der Waals surface area contributed by atoms with Crippen LogP contribution in [0.4, 0.5) is 10.1 Å². The van der Waals surface area contributed by atoms with E-state index in [0.717, 1.165) is 23.3 Å². The van der Waals surface area contributed by atoms with Gasteiger partial charge in [-0.2, -0.15) is 4.39 Å². The summed E-state index contributed by atoms with van der Waals surface area (Å²) < 4.78 is 19.2. The smallest absolute Gasteiger partial charge is 0.305 e. The molecule has 0 heterocycles. The molecule has 6 heteroatoms. The standard InChI is InChI=1S/C15H15FN2O3/c1-10-3-6-15(11(7-10)9-17-2)21-12-4-5-14(18(19)20)13(16)8-12/h3-8,17H,9H2,1-2H3. The van der Waals surface area contributed by atoms with Crippen molar-refractivity contribution in [2.24, 2.45) is 0 Å². The molecule has 0 saturated heterocycles. The van der Waals surface area contributed by atoms with Crippen LogP contribution in [0.2, 0.25) is 0 Å². The SMILES string of the molecule is CNCc1cc(C)ccc1Oc1ccc([N+](=O)[O-])c(F)c1. The number of hydrogen-bond acceptors (Lipinski definition) is 4. The second kappa shape index (κ2) is 6.32. The highest BCUT2D eigenvalue weighted by atomic mass is 19.1. The topological polar surface area (TPSA) is 64.4 Å². The van der Waals surface area contributed by atoms with E-state index in [1.807, 2.05) is 26.1 Å². The van der Waals surface area contributed by atoms with E-state index in [9.17, 15) is 14.5 Å². The molecule has 0 bridgehead atoms. The zero-order valence-electron chi connectivity index (χ0n) is 11.7. The Hall–Kier alpha value is -2.47. The van der Waals surface area contributed by atoms with Gasteiger partial charge in [0.05, 0.1) is 4.92 Å². The van der Waals surface area contributed by atoms with Crippen LogP contribution in [0.25, 0.3) is 0 Å². The summed E-state index contributed by atoms with van der Waals surface area (Å²) in [4.78, 5) is 9.82. The number of aryl methyl sites for hydroxylation is 1. The molecular weight excluding hydrogens is 275 g/mol. The molecule has 0 aliphatic heterocycles. The molecule has 110 valence electrons. The molecule has 0 radical (unpaired) electrons. The molecule has 5 nitrogen and oxygen atoms in total. The summed E-state index contributed by atoms with van der Waals surface area (Å²) in [5, 5.41) is 13.6. The Labute approximate surface area is 121 Å². The van der Waals surface area contributed by atoms with Crippen LogP contribution in [0.5, 0.6) is 11.5 Å². The molecule has 1 N–H and O–H groups in total. The molecule has 0 saturated carbocycles. The summed E-state index contributed by atoms with van der Waals surface area (Å²) in [7, 11) is 1.82. The molecule has 2 aromatic rings. The van der Waals surface area contributed by atoms with Crippen LogP contribution in [0.3, 0.4) is 0 Å². The highest BCUT2D eigenvalue weighted by Gasteiger charge is 2.15. The number of halogens is 1. The van der Waals surface area contributed by atoms with Crippen molar-refractivity contribution < 1.29 is 14.1 Å². The van der Waals surface area contributed by atoms with Gasteiger partial charge < -0.3 is 10.1 Å². The fourth-order valence-electron chi connectivity index (χ4n) is 1.96. The lowest BCUT2D eigenvalue weighted by Crippen LogP contribution is -2.06. The van der Waals surface area contributed by atoms with E-state index in [2.05, 4.69) is 5.32 Å². The van der Waals surface area contributed by atoms with Crippen molar-refractivity contribution >= 4 is 5.69 Å². The first kappa shape index (κ1) is 14.9. The highest BCUT2D eigenvalue weighted by molar-refractivity contribution is 5.43. The van der Waals surface area contributed by atoms with Crippen LogP contribution in [0.15, 0.2) is 36.4 Å². The van der Waals surface area contributed by atoms with Crippen molar-refractivity contribution in [2.75, 3.05) is 7.05 Å². The molecular formula is C15H15FN2O3. The Morgan fingerprint density at radius 3 is 2.67 bits per heavy atom. The quantitative estimate of drug-likeness (QED) is 0.675. The van der Waals surface area contributed by atoms with Crippen LogP contribution in [-0.2, 0) is 6.54 Å². The Kier molecular flexibility index (Phi) is 4.49. The molecule has 2 aromatic carbocycles. The third kappa shape index (κ3) is 3.55. The summed E-state index contributed by atoms with van der Waals surface area (Å²) in [5.74, 6) is -0.109. The predicted molar refractivity (Wildman–Crippen MR) is 77.1 cm³/mol. The van der Waals surface area contributed by atoms with Gasteiger partial charge in [0, 0.05) is 24.2 Å². The lowest BCUT2D eigenvalue weighted by Gasteiger charge is -2.12. The first-order valence-corrected chi connectivity index (χ1v) is 6.37. The van der Waals surface area contributed by atoms with Gasteiger partial charge in [0.1, 0.15) is 11.5 Å². The number of rotatable bonds is 5. The first-order chi connectivity index (χ1) is 10.0. The minimum Gasteiger partial charge on any atom is -0.457 e. The summed E-state index contributed by atoms with van der Waals surface area (Å²) in [6.07, 6.45) is 0. The lowest BCUT2D eigenvalue weighted by atomic mass is 10.1. The number of nitrogens with zero attached hydrogens (tertiary/aromatic N) is 1. The number of benzene rings is 2. The van der Waals surface area contributed by atoms with E-state index in [1.165, 1.54) is 6.07 Å². The van der Waals surface area contributed by atoms with Crippen LogP contribution in [-0.4, -0.2) is 12.0 Å². The van der Waals surface area contributed by atoms with E-state index in [4.69, 9.17) is 4.74 Å². The molecule has 0 atom stereocenters. The van der Waals surface area contributed by atoms with E-state index < -0.39 is 16.4 Å². The molecule has 0 aromatic heterocycles. The average molecular weight is 290 g/mol. The molecule has 0 fully saturated rings. The Balaban J connectivity index is 2.30. The van der Waals surface area contributed by atoms with Gasteiger partial charge in [0.25, 0.3) is 0 Å². The largest absolute Gasteiger partial charge is 0.457 e. The van der Waals surface area contributed by atoms with Crippen molar-refractivity contribution in [3.63, 3.8) is 0 Å². The average Bonchev–Trinajstić information content (AvgIpc) is 2.42. The van der Waals surface area contributed by atoms with Gasteiger partial charge in [0.2, 0.25) is 5.82 Å². The third-order valence-electron chi connectivity index (χ3n) is 2.93. The fraction of sp³-hybridized carbons (Fsp3) is 0.200. The van der Waals surface area contributed by atoms with Crippen LogP contribution >= 0.6 is 0 Å². The summed E-state index contributed by atoms with van der Waals surface area (Å²) >= 11 is 0. The van der Waals surface area contributed by atoms with Crippen molar-refractivity contribution in [3.8, 4) is 11.5 Å². The maximum Gasteiger partial charge on any atom is 0.305 e. The number of nitro benzene ring substituents is 1. The highest BCUT2D eigenvalue weighted by Crippen LogP contribution is 2.29. The zero-order valence-corrected chi connectivity index (χ0v) is 11.7. The minimum absolute atomic E-state index is 0.222. The monoisotopic (exact) mass is 290 g/mol. The zero-order chi connectivity index (χ0) is 15.4. The third-order valence-corrected chi connectivity index (χ3v) is 2.93. The number of hydrogen-bond donors (Lipinski definition) is 1. The van der Waals surface area contributed by atoms with E-state index in [0.29, 0.717) is 12.3 Å². The minimum atomic E-state index is -0.917. The Bertz CT molecular complexity index is 674. The maximum absolute atomic E-state index is 13.6.